The van der Waals surface area contributed by atoms with Gasteiger partial charge < -0.3 is 4.74 Å². The van der Waals surface area contributed by atoms with Gasteiger partial charge in [-0.2, -0.15) is 5.10 Å². The molecule has 2 aliphatic heterocycles. The van der Waals surface area contributed by atoms with Crippen LogP contribution in [0.2, 0.25) is 10.0 Å². The molecule has 5 rings (SSSR count). The fourth-order valence-corrected chi connectivity index (χ4v) is 4.42. The molecule has 0 spiro atoms. The third-order valence-corrected chi connectivity index (χ3v) is 5.78. The van der Waals surface area contributed by atoms with Crippen molar-refractivity contribution < 1.29 is 4.74 Å². The van der Waals surface area contributed by atoms with Crippen LogP contribution in [0.4, 0.5) is 0 Å². The topological polar surface area (TPSA) is 24.8 Å². The maximum absolute atomic E-state index is 6.50. The molecular weight excluding hydrogens is 391 g/mol. The summed E-state index contributed by atoms with van der Waals surface area (Å²) in [6.45, 7) is 2.07. The first-order chi connectivity index (χ1) is 13.6. The fraction of sp³-hybridized carbons (Fsp3) is 0.174. The van der Waals surface area contributed by atoms with Gasteiger partial charge >= 0.3 is 0 Å². The highest BCUT2D eigenvalue weighted by atomic mass is 35.5. The molecule has 3 aromatic rings. The van der Waals surface area contributed by atoms with Crippen molar-refractivity contribution in [1.82, 2.24) is 5.01 Å². The molecule has 2 heterocycles. The van der Waals surface area contributed by atoms with E-state index in [0.29, 0.717) is 15.8 Å². The highest BCUT2D eigenvalue weighted by Gasteiger charge is 2.42. The summed E-state index contributed by atoms with van der Waals surface area (Å²) >= 11 is 12.8. The van der Waals surface area contributed by atoms with Crippen molar-refractivity contribution in [3.05, 3.63) is 99.0 Å². The zero-order chi connectivity index (χ0) is 19.3. The molecule has 0 N–H and O–H groups in total. The molecule has 5 heteroatoms. The predicted molar refractivity (Wildman–Crippen MR) is 113 cm³/mol. The maximum Gasteiger partial charge on any atom is 0.213 e. The van der Waals surface area contributed by atoms with Crippen molar-refractivity contribution in [2.45, 2.75) is 25.6 Å². The lowest BCUT2D eigenvalue weighted by atomic mass is 9.96. The number of rotatable bonds is 2. The largest absolute Gasteiger partial charge is 0.463 e. The van der Waals surface area contributed by atoms with E-state index in [0.717, 1.165) is 28.8 Å². The van der Waals surface area contributed by atoms with Crippen LogP contribution in [0.1, 0.15) is 40.9 Å². The Morgan fingerprint density at radius 2 is 1.75 bits per heavy atom. The third kappa shape index (κ3) is 2.95. The van der Waals surface area contributed by atoms with Crippen LogP contribution in [0.3, 0.4) is 0 Å². The summed E-state index contributed by atoms with van der Waals surface area (Å²) in [5.41, 5.74) is 5.39. The van der Waals surface area contributed by atoms with Crippen LogP contribution in [0, 0.1) is 6.92 Å². The number of benzene rings is 3. The Morgan fingerprint density at radius 1 is 1.00 bits per heavy atom. The van der Waals surface area contributed by atoms with E-state index in [2.05, 4.69) is 43.3 Å². The summed E-state index contributed by atoms with van der Waals surface area (Å²) in [5.74, 6) is 0.697. The Balaban J connectivity index is 1.63. The van der Waals surface area contributed by atoms with Gasteiger partial charge in [0.15, 0.2) is 0 Å². The summed E-state index contributed by atoms with van der Waals surface area (Å²) in [5, 5.41) is 8.14. The highest BCUT2D eigenvalue weighted by molar-refractivity contribution is 6.35. The number of ether oxygens (including phenoxy) is 1. The molecule has 2 atom stereocenters. The van der Waals surface area contributed by atoms with Crippen molar-refractivity contribution in [2.75, 3.05) is 0 Å². The van der Waals surface area contributed by atoms with Gasteiger partial charge in [0, 0.05) is 22.6 Å². The summed E-state index contributed by atoms with van der Waals surface area (Å²) in [6.07, 6.45) is 0.442. The van der Waals surface area contributed by atoms with E-state index < -0.39 is 0 Å². The minimum Gasteiger partial charge on any atom is -0.463 e. The first-order valence-corrected chi connectivity index (χ1v) is 9.99. The average molecular weight is 409 g/mol. The monoisotopic (exact) mass is 408 g/mol. The van der Waals surface area contributed by atoms with Crippen LogP contribution in [-0.4, -0.2) is 10.7 Å². The molecule has 3 aromatic carbocycles. The maximum atomic E-state index is 6.50. The number of hydrazone groups is 1. The molecule has 0 amide bonds. The zero-order valence-corrected chi connectivity index (χ0v) is 16.8. The van der Waals surface area contributed by atoms with E-state index in [4.69, 9.17) is 33.0 Å². The Labute approximate surface area is 174 Å². The SMILES string of the molecule is Cc1ccc(C2Oc3c(Cl)cc(Cl)cc3C3CC(c4ccccc4)=NN32)cc1. The molecule has 0 saturated heterocycles. The van der Waals surface area contributed by atoms with Crippen LogP contribution in [0.5, 0.6) is 5.75 Å². The third-order valence-electron chi connectivity index (χ3n) is 5.28. The molecule has 0 aliphatic carbocycles. The van der Waals surface area contributed by atoms with Gasteiger partial charge in [-0.3, -0.25) is 0 Å². The summed E-state index contributed by atoms with van der Waals surface area (Å²) in [4.78, 5) is 0. The number of hydrogen-bond acceptors (Lipinski definition) is 3. The normalized spacial score (nSPS) is 20.2. The second-order valence-corrected chi connectivity index (χ2v) is 8.04. The van der Waals surface area contributed by atoms with Crippen molar-refractivity contribution in [1.29, 1.82) is 0 Å². The standard InChI is InChI=1S/C23H18Cl2N2O/c1-14-7-9-16(10-8-14)23-27-21(13-20(26-27)15-5-3-2-4-6-15)18-11-17(24)12-19(25)22(18)28-23/h2-12,21,23H,13H2,1H3. The van der Waals surface area contributed by atoms with Gasteiger partial charge in [0.05, 0.1) is 16.8 Å². The van der Waals surface area contributed by atoms with E-state index in [1.165, 1.54) is 5.56 Å². The summed E-state index contributed by atoms with van der Waals surface area (Å²) in [7, 11) is 0. The average Bonchev–Trinajstić information content (AvgIpc) is 3.15. The minimum atomic E-state index is -0.335. The van der Waals surface area contributed by atoms with Crippen molar-refractivity contribution in [3.63, 3.8) is 0 Å². The Bertz CT molecular complexity index is 1060. The lowest BCUT2D eigenvalue weighted by Gasteiger charge is -2.38. The number of halogens is 2. The lowest BCUT2D eigenvalue weighted by molar-refractivity contribution is -0.0189. The minimum absolute atomic E-state index is 0.0291. The molecule has 2 aliphatic rings. The second-order valence-electron chi connectivity index (χ2n) is 7.20. The van der Waals surface area contributed by atoms with Gasteiger partial charge in [-0.15, -0.1) is 0 Å². The fourth-order valence-electron chi connectivity index (χ4n) is 3.87. The first kappa shape index (κ1) is 17.6. The molecule has 3 nitrogen and oxygen atoms in total. The number of nitrogens with zero attached hydrogens (tertiary/aromatic N) is 2. The number of aryl methyl sites for hydroxylation is 1. The summed E-state index contributed by atoms with van der Waals surface area (Å²) in [6, 6.07) is 22.3. The van der Waals surface area contributed by atoms with Gasteiger partial charge in [0.2, 0.25) is 6.23 Å². The van der Waals surface area contributed by atoms with Crippen LogP contribution >= 0.6 is 23.2 Å². The molecule has 0 fully saturated rings. The lowest BCUT2D eigenvalue weighted by Crippen LogP contribution is -2.33. The van der Waals surface area contributed by atoms with Gasteiger partial charge in [-0.25, -0.2) is 5.01 Å². The molecule has 0 saturated carbocycles. The van der Waals surface area contributed by atoms with Gasteiger partial charge in [0.25, 0.3) is 0 Å². The number of hydrogen-bond donors (Lipinski definition) is 0. The van der Waals surface area contributed by atoms with E-state index in [1.54, 1.807) is 6.07 Å². The van der Waals surface area contributed by atoms with Crippen molar-refractivity contribution in [3.8, 4) is 5.75 Å². The highest BCUT2D eigenvalue weighted by Crippen LogP contribution is 2.50. The Hall–Kier alpha value is -2.49. The van der Waals surface area contributed by atoms with Crippen molar-refractivity contribution >= 4 is 28.9 Å². The smallest absolute Gasteiger partial charge is 0.213 e. The zero-order valence-electron chi connectivity index (χ0n) is 15.3. The van der Waals surface area contributed by atoms with Gasteiger partial charge in [-0.1, -0.05) is 83.4 Å². The van der Waals surface area contributed by atoms with Gasteiger partial charge in [-0.05, 0) is 24.6 Å². The summed E-state index contributed by atoms with van der Waals surface area (Å²) < 4.78 is 6.37. The van der Waals surface area contributed by atoms with Gasteiger partial charge in [0.1, 0.15) is 5.75 Å². The quantitative estimate of drug-likeness (QED) is 0.480. The molecule has 0 radical (unpaired) electrons. The van der Waals surface area contributed by atoms with E-state index in [1.807, 2.05) is 29.3 Å². The molecule has 28 heavy (non-hydrogen) atoms. The first-order valence-electron chi connectivity index (χ1n) is 9.23. The molecule has 0 bridgehead atoms. The van der Waals surface area contributed by atoms with Crippen LogP contribution in [0.25, 0.3) is 0 Å². The van der Waals surface area contributed by atoms with E-state index in [-0.39, 0.29) is 12.3 Å². The van der Waals surface area contributed by atoms with Crippen LogP contribution < -0.4 is 4.74 Å². The number of fused-ring (bicyclic) bond motifs is 3. The van der Waals surface area contributed by atoms with E-state index >= 15 is 0 Å². The van der Waals surface area contributed by atoms with Crippen molar-refractivity contribution in [2.24, 2.45) is 5.10 Å². The van der Waals surface area contributed by atoms with E-state index in [9.17, 15) is 0 Å². The predicted octanol–water partition coefficient (Wildman–Crippen LogP) is 6.54. The van der Waals surface area contributed by atoms with Crippen LogP contribution in [-0.2, 0) is 0 Å². The molecule has 0 aromatic heterocycles. The van der Waals surface area contributed by atoms with Crippen LogP contribution in [0.15, 0.2) is 71.8 Å². The second kappa shape index (κ2) is 6.84. The molecule has 2 unspecified atom stereocenters. The molecule has 140 valence electrons. The Kier molecular flexibility index (Phi) is 4.30. The molecular formula is C23H18Cl2N2O. The Morgan fingerprint density at radius 3 is 2.50 bits per heavy atom.